The van der Waals surface area contributed by atoms with Crippen molar-refractivity contribution in [2.75, 3.05) is 6.54 Å². The van der Waals surface area contributed by atoms with Crippen LogP contribution in [0.3, 0.4) is 0 Å². The molecule has 0 saturated carbocycles. The monoisotopic (exact) mass is 464 g/mol. The van der Waals surface area contributed by atoms with Gasteiger partial charge in [0.2, 0.25) is 0 Å². The second kappa shape index (κ2) is 10.0. The number of carbonyl (C=O) groups is 1. The van der Waals surface area contributed by atoms with Crippen molar-refractivity contribution in [3.63, 3.8) is 0 Å². The van der Waals surface area contributed by atoms with Crippen LogP contribution in [0.2, 0.25) is 0 Å². The maximum Gasteiger partial charge on any atom is 0.417 e. The average Bonchev–Trinajstić information content (AvgIpc) is 2.78. The number of pyridine rings is 1. The topological polar surface area (TPSA) is 59.0 Å². The summed E-state index contributed by atoms with van der Waals surface area (Å²) in [6.07, 6.45) is -0.827. The van der Waals surface area contributed by atoms with E-state index in [4.69, 9.17) is 0 Å². The van der Waals surface area contributed by atoms with Crippen LogP contribution in [0.4, 0.5) is 22.0 Å². The van der Waals surface area contributed by atoms with Crippen molar-refractivity contribution in [1.82, 2.24) is 19.9 Å². The second-order valence-corrected chi connectivity index (χ2v) is 7.39. The molecule has 0 aliphatic heterocycles. The second-order valence-electron chi connectivity index (χ2n) is 7.39. The zero-order chi connectivity index (χ0) is 24.2. The highest BCUT2D eigenvalue weighted by atomic mass is 19.4. The smallest absolute Gasteiger partial charge is 0.336 e. The fraction of sp³-hybridized carbons (Fsp3) is 0.304. The van der Waals surface area contributed by atoms with Gasteiger partial charge in [-0.3, -0.25) is 9.78 Å². The molecular formula is C23H21F5N4O. The predicted molar refractivity (Wildman–Crippen MR) is 111 cm³/mol. The van der Waals surface area contributed by atoms with Crippen molar-refractivity contribution < 1.29 is 26.7 Å². The number of aromatic nitrogens is 3. The fourth-order valence-corrected chi connectivity index (χ4v) is 3.44. The first-order valence-electron chi connectivity index (χ1n) is 10.2. The maximum absolute atomic E-state index is 14.1. The van der Waals surface area contributed by atoms with E-state index in [1.54, 1.807) is 19.9 Å². The van der Waals surface area contributed by atoms with Crippen LogP contribution in [0.1, 0.15) is 41.9 Å². The van der Waals surface area contributed by atoms with Crippen molar-refractivity contribution >= 4 is 5.91 Å². The third kappa shape index (κ3) is 5.68. The summed E-state index contributed by atoms with van der Waals surface area (Å²) in [4.78, 5) is 26.6. The molecule has 1 atom stereocenters. The van der Waals surface area contributed by atoms with E-state index in [-0.39, 0.29) is 36.5 Å². The first-order chi connectivity index (χ1) is 15.6. The van der Waals surface area contributed by atoms with Gasteiger partial charge < -0.3 is 4.90 Å². The minimum absolute atomic E-state index is 0.0206. The lowest BCUT2D eigenvalue weighted by molar-refractivity contribution is -0.138. The lowest BCUT2D eigenvalue weighted by Gasteiger charge is -2.29. The third-order valence-corrected chi connectivity index (χ3v) is 5.20. The summed E-state index contributed by atoms with van der Waals surface area (Å²) in [5, 5.41) is 0. The van der Waals surface area contributed by atoms with Gasteiger partial charge in [0, 0.05) is 36.7 Å². The van der Waals surface area contributed by atoms with Crippen LogP contribution in [0.5, 0.6) is 0 Å². The Hall–Kier alpha value is -3.43. The van der Waals surface area contributed by atoms with Crippen LogP contribution in [0.25, 0.3) is 11.4 Å². The number of benzene rings is 1. The number of halogens is 5. The Bertz CT molecular complexity index is 1120. The molecule has 0 aliphatic carbocycles. The van der Waals surface area contributed by atoms with E-state index in [1.807, 2.05) is 0 Å². The molecule has 0 spiro atoms. The Morgan fingerprint density at radius 1 is 1.09 bits per heavy atom. The van der Waals surface area contributed by atoms with Crippen LogP contribution >= 0.6 is 0 Å². The van der Waals surface area contributed by atoms with Crippen LogP contribution in [-0.4, -0.2) is 38.3 Å². The summed E-state index contributed by atoms with van der Waals surface area (Å²) in [5.74, 6) is -1.86. The number of hydrogen-bond donors (Lipinski definition) is 0. The lowest BCUT2D eigenvalue weighted by Crippen LogP contribution is -2.39. The van der Waals surface area contributed by atoms with Gasteiger partial charge in [-0.25, -0.2) is 18.7 Å². The molecule has 2 heterocycles. The zero-order valence-electron chi connectivity index (χ0n) is 17.9. The minimum atomic E-state index is -4.68. The van der Waals surface area contributed by atoms with Crippen LogP contribution in [0, 0.1) is 11.6 Å². The Morgan fingerprint density at radius 2 is 1.79 bits per heavy atom. The SMILES string of the molecule is CCN(C(=O)c1cc(F)ccc1-c1ncccn1)[C@@H](C)CCc1ncc(C(F)(F)F)cc1F. The van der Waals surface area contributed by atoms with Crippen LogP contribution in [-0.2, 0) is 12.6 Å². The summed E-state index contributed by atoms with van der Waals surface area (Å²) >= 11 is 0. The van der Waals surface area contributed by atoms with Gasteiger partial charge in [-0.2, -0.15) is 13.2 Å². The molecule has 33 heavy (non-hydrogen) atoms. The highest BCUT2D eigenvalue weighted by Gasteiger charge is 2.32. The molecule has 5 nitrogen and oxygen atoms in total. The molecule has 0 unspecified atom stereocenters. The summed E-state index contributed by atoms with van der Waals surface area (Å²) < 4.78 is 66.2. The van der Waals surface area contributed by atoms with Gasteiger partial charge in [-0.15, -0.1) is 0 Å². The molecule has 174 valence electrons. The number of amides is 1. The maximum atomic E-state index is 14.1. The van der Waals surface area contributed by atoms with Crippen molar-refractivity contribution in [1.29, 1.82) is 0 Å². The van der Waals surface area contributed by atoms with Crippen LogP contribution < -0.4 is 0 Å². The first kappa shape index (κ1) is 24.2. The molecular weight excluding hydrogens is 443 g/mol. The normalized spacial score (nSPS) is 12.5. The number of nitrogens with zero attached hydrogens (tertiary/aromatic N) is 4. The Balaban J connectivity index is 1.80. The molecule has 0 aliphatic rings. The number of alkyl halides is 3. The highest BCUT2D eigenvalue weighted by Crippen LogP contribution is 2.30. The molecule has 2 aromatic heterocycles. The van der Waals surface area contributed by atoms with Gasteiger partial charge in [0.05, 0.1) is 16.8 Å². The molecule has 1 amide bonds. The standard InChI is InChI=1S/C23H21F5N4O/c1-3-32(14(2)5-8-20-19(25)11-15(13-31-20)23(26,27)28)22(33)18-12-16(24)6-7-17(18)21-29-9-4-10-30-21/h4,6-7,9-14H,3,5,8H2,1-2H3/t14-/m0/s1. The van der Waals surface area contributed by atoms with Gasteiger partial charge >= 0.3 is 6.18 Å². The fourth-order valence-electron chi connectivity index (χ4n) is 3.44. The van der Waals surface area contributed by atoms with Crippen molar-refractivity contribution in [3.8, 4) is 11.4 Å². The van der Waals surface area contributed by atoms with Crippen molar-refractivity contribution in [3.05, 3.63) is 77.4 Å². The summed E-state index contributed by atoms with van der Waals surface area (Å²) in [6, 6.07) is 5.34. The lowest BCUT2D eigenvalue weighted by atomic mass is 10.0. The number of carbonyl (C=O) groups excluding carboxylic acids is 1. The van der Waals surface area contributed by atoms with E-state index in [0.29, 0.717) is 17.8 Å². The van der Waals surface area contributed by atoms with E-state index in [9.17, 15) is 26.7 Å². The van der Waals surface area contributed by atoms with E-state index >= 15 is 0 Å². The summed E-state index contributed by atoms with van der Waals surface area (Å²) in [6.45, 7) is 3.74. The van der Waals surface area contributed by atoms with Crippen molar-refractivity contribution in [2.24, 2.45) is 0 Å². The van der Waals surface area contributed by atoms with Crippen LogP contribution in [0.15, 0.2) is 48.9 Å². The van der Waals surface area contributed by atoms with Gasteiger partial charge in [0.15, 0.2) is 5.82 Å². The molecule has 0 saturated heterocycles. The van der Waals surface area contributed by atoms with Gasteiger partial charge in [-0.05, 0) is 57.0 Å². The first-order valence-corrected chi connectivity index (χ1v) is 10.2. The molecule has 0 fully saturated rings. The summed E-state index contributed by atoms with van der Waals surface area (Å²) in [5.41, 5.74) is -0.844. The highest BCUT2D eigenvalue weighted by molar-refractivity contribution is 6.00. The Labute approximate surface area is 187 Å². The van der Waals surface area contributed by atoms with Gasteiger partial charge in [0.1, 0.15) is 11.6 Å². The average molecular weight is 464 g/mol. The van der Waals surface area contributed by atoms with Gasteiger partial charge in [0.25, 0.3) is 5.91 Å². The summed E-state index contributed by atoms with van der Waals surface area (Å²) in [7, 11) is 0. The van der Waals surface area contributed by atoms with Crippen molar-refractivity contribution in [2.45, 2.75) is 38.9 Å². The van der Waals surface area contributed by atoms with Gasteiger partial charge in [-0.1, -0.05) is 0 Å². The molecule has 3 aromatic rings. The Kier molecular flexibility index (Phi) is 7.35. The number of aryl methyl sites for hydroxylation is 1. The molecule has 0 N–H and O–H groups in total. The molecule has 1 aromatic carbocycles. The molecule has 0 bridgehead atoms. The van der Waals surface area contributed by atoms with E-state index in [2.05, 4.69) is 15.0 Å². The minimum Gasteiger partial charge on any atom is -0.336 e. The number of hydrogen-bond acceptors (Lipinski definition) is 4. The van der Waals surface area contributed by atoms with E-state index in [0.717, 1.165) is 6.07 Å². The molecule has 3 rings (SSSR count). The third-order valence-electron chi connectivity index (χ3n) is 5.20. The number of rotatable bonds is 7. The molecule has 0 radical (unpaired) electrons. The zero-order valence-corrected chi connectivity index (χ0v) is 17.9. The predicted octanol–water partition coefficient (Wildman–Crippen LogP) is 5.32. The van der Waals surface area contributed by atoms with E-state index < -0.39 is 35.3 Å². The van der Waals surface area contributed by atoms with E-state index in [1.165, 1.54) is 29.4 Å². The molecule has 10 heteroatoms. The Morgan fingerprint density at radius 3 is 2.39 bits per heavy atom. The largest absolute Gasteiger partial charge is 0.417 e. The quantitative estimate of drug-likeness (QED) is 0.444.